The van der Waals surface area contributed by atoms with E-state index in [1.807, 2.05) is 4.90 Å². The minimum absolute atomic E-state index is 0.0297. The highest BCUT2D eigenvalue weighted by molar-refractivity contribution is 5.91. The van der Waals surface area contributed by atoms with Crippen molar-refractivity contribution < 1.29 is 4.79 Å². The zero-order chi connectivity index (χ0) is 12.8. The number of piperidine rings is 1. The Bertz CT molecular complexity index is 359. The Hall–Kier alpha value is -1.43. The van der Waals surface area contributed by atoms with E-state index in [0.29, 0.717) is 11.7 Å². The predicted molar refractivity (Wildman–Crippen MR) is 68.2 cm³/mol. The molecular formula is C12H21N5O. The number of aromatic nitrogens is 3. The molecule has 0 spiro atoms. The van der Waals surface area contributed by atoms with Crippen molar-refractivity contribution in [3.8, 4) is 0 Å². The first-order valence-electron chi connectivity index (χ1n) is 6.69. The average molecular weight is 251 g/mol. The molecule has 100 valence electrons. The second-order valence-corrected chi connectivity index (χ2v) is 4.75. The predicted octanol–water partition coefficient (Wildman–Crippen LogP) is 0.799. The highest BCUT2D eigenvalue weighted by atomic mass is 16.2. The van der Waals surface area contributed by atoms with Crippen molar-refractivity contribution in [3.05, 3.63) is 11.9 Å². The lowest BCUT2D eigenvalue weighted by Crippen LogP contribution is -2.46. The summed E-state index contributed by atoms with van der Waals surface area (Å²) in [6.45, 7) is 4.67. The molecule has 6 nitrogen and oxygen atoms in total. The summed E-state index contributed by atoms with van der Waals surface area (Å²) in [6, 6.07) is 0.418. The molecule has 0 radical (unpaired) electrons. The summed E-state index contributed by atoms with van der Waals surface area (Å²) in [7, 11) is 0. The summed E-state index contributed by atoms with van der Waals surface area (Å²) >= 11 is 0. The lowest BCUT2D eigenvalue weighted by Gasteiger charge is -2.30. The van der Waals surface area contributed by atoms with E-state index in [2.05, 4.69) is 27.7 Å². The van der Waals surface area contributed by atoms with E-state index in [4.69, 9.17) is 0 Å². The molecule has 1 fully saturated rings. The molecule has 1 atom stereocenters. The van der Waals surface area contributed by atoms with Crippen LogP contribution in [0.25, 0.3) is 0 Å². The molecule has 1 aliphatic heterocycles. The van der Waals surface area contributed by atoms with Crippen molar-refractivity contribution >= 4 is 5.91 Å². The first-order chi connectivity index (χ1) is 8.81. The van der Waals surface area contributed by atoms with Crippen LogP contribution in [-0.4, -0.2) is 51.9 Å². The topological polar surface area (TPSA) is 73.9 Å². The first-order valence-corrected chi connectivity index (χ1v) is 6.69. The van der Waals surface area contributed by atoms with Gasteiger partial charge in [0.25, 0.3) is 5.91 Å². The van der Waals surface area contributed by atoms with Crippen LogP contribution < -0.4 is 5.32 Å². The monoisotopic (exact) mass is 251 g/mol. The van der Waals surface area contributed by atoms with E-state index in [1.54, 1.807) is 0 Å². The highest BCUT2D eigenvalue weighted by Crippen LogP contribution is 2.10. The Morgan fingerprint density at radius 1 is 1.56 bits per heavy atom. The number of rotatable bonds is 5. The number of carbonyl (C=O) groups is 1. The Morgan fingerprint density at radius 3 is 3.06 bits per heavy atom. The molecule has 1 amide bonds. The molecule has 18 heavy (non-hydrogen) atoms. The minimum atomic E-state index is -0.0297. The number of nitrogens with zero attached hydrogens (tertiary/aromatic N) is 3. The van der Waals surface area contributed by atoms with E-state index in [-0.39, 0.29) is 5.91 Å². The van der Waals surface area contributed by atoms with Crippen molar-refractivity contribution in [2.24, 2.45) is 0 Å². The number of H-pyrrole nitrogens is 1. The number of aromatic amines is 1. The number of carbonyl (C=O) groups excluding carboxylic acids is 1. The van der Waals surface area contributed by atoms with Gasteiger partial charge in [-0.05, 0) is 25.8 Å². The average Bonchev–Trinajstić information content (AvgIpc) is 2.92. The maximum absolute atomic E-state index is 12.2. The van der Waals surface area contributed by atoms with Crippen LogP contribution in [0, 0.1) is 0 Å². The zero-order valence-corrected chi connectivity index (χ0v) is 10.9. The van der Waals surface area contributed by atoms with Crippen molar-refractivity contribution in [1.82, 2.24) is 25.6 Å². The lowest BCUT2D eigenvalue weighted by molar-refractivity contribution is 0.0725. The Labute approximate surface area is 107 Å². The normalized spacial score (nSPS) is 19.7. The first kappa shape index (κ1) is 13.0. The van der Waals surface area contributed by atoms with E-state index < -0.39 is 0 Å². The maximum Gasteiger partial charge on any atom is 0.276 e. The van der Waals surface area contributed by atoms with Gasteiger partial charge in [0.2, 0.25) is 0 Å². The SMILES string of the molecule is CCCN(CC1CCCCN1)C(=O)c1cn[nH]n1. The van der Waals surface area contributed by atoms with Crippen LogP contribution in [0.2, 0.25) is 0 Å². The van der Waals surface area contributed by atoms with Crippen molar-refractivity contribution in [1.29, 1.82) is 0 Å². The van der Waals surface area contributed by atoms with Crippen LogP contribution in [0.3, 0.4) is 0 Å². The summed E-state index contributed by atoms with van der Waals surface area (Å²) in [6.07, 6.45) is 6.07. The summed E-state index contributed by atoms with van der Waals surface area (Å²) in [5.74, 6) is -0.0297. The molecule has 2 N–H and O–H groups in total. The molecule has 1 aromatic rings. The molecule has 1 unspecified atom stereocenters. The molecule has 0 bridgehead atoms. The molecule has 1 saturated heterocycles. The number of nitrogens with one attached hydrogen (secondary N) is 2. The van der Waals surface area contributed by atoms with Gasteiger partial charge >= 0.3 is 0 Å². The number of hydrogen-bond donors (Lipinski definition) is 2. The van der Waals surface area contributed by atoms with Crippen LogP contribution in [0.5, 0.6) is 0 Å². The fourth-order valence-corrected chi connectivity index (χ4v) is 2.36. The molecular weight excluding hydrogens is 230 g/mol. The highest BCUT2D eigenvalue weighted by Gasteiger charge is 2.22. The minimum Gasteiger partial charge on any atom is -0.336 e. The van der Waals surface area contributed by atoms with E-state index >= 15 is 0 Å². The van der Waals surface area contributed by atoms with Crippen LogP contribution >= 0.6 is 0 Å². The molecule has 6 heteroatoms. The molecule has 0 aromatic carbocycles. The summed E-state index contributed by atoms with van der Waals surface area (Å²) in [5, 5.41) is 13.5. The van der Waals surface area contributed by atoms with Gasteiger partial charge in [-0.15, -0.1) is 0 Å². The van der Waals surface area contributed by atoms with Gasteiger partial charge < -0.3 is 10.2 Å². The van der Waals surface area contributed by atoms with Crippen LogP contribution in [-0.2, 0) is 0 Å². The second-order valence-electron chi connectivity index (χ2n) is 4.75. The van der Waals surface area contributed by atoms with Gasteiger partial charge in [0, 0.05) is 19.1 Å². The Kier molecular flexibility index (Phi) is 4.69. The van der Waals surface area contributed by atoms with Crippen molar-refractivity contribution in [2.75, 3.05) is 19.6 Å². The standard InChI is InChI=1S/C12H21N5O/c1-2-7-17(9-10-5-3-4-6-13-10)12(18)11-8-14-16-15-11/h8,10,13H,2-7,9H2,1H3,(H,14,15,16). The summed E-state index contributed by atoms with van der Waals surface area (Å²) in [4.78, 5) is 14.1. The van der Waals surface area contributed by atoms with Gasteiger partial charge in [0.1, 0.15) is 0 Å². The molecule has 1 aliphatic rings. The molecule has 0 aliphatic carbocycles. The Morgan fingerprint density at radius 2 is 2.44 bits per heavy atom. The fourth-order valence-electron chi connectivity index (χ4n) is 2.36. The van der Waals surface area contributed by atoms with Gasteiger partial charge in [-0.2, -0.15) is 15.4 Å². The van der Waals surface area contributed by atoms with Gasteiger partial charge in [-0.25, -0.2) is 0 Å². The van der Waals surface area contributed by atoms with Gasteiger partial charge in [-0.3, -0.25) is 4.79 Å². The molecule has 2 heterocycles. The van der Waals surface area contributed by atoms with E-state index in [9.17, 15) is 4.79 Å². The smallest absolute Gasteiger partial charge is 0.276 e. The fraction of sp³-hybridized carbons (Fsp3) is 0.750. The lowest BCUT2D eigenvalue weighted by atomic mass is 10.0. The third-order valence-electron chi connectivity index (χ3n) is 3.27. The van der Waals surface area contributed by atoms with Crippen molar-refractivity contribution in [3.63, 3.8) is 0 Å². The van der Waals surface area contributed by atoms with Crippen LogP contribution in [0.15, 0.2) is 6.20 Å². The van der Waals surface area contributed by atoms with Gasteiger partial charge in [0.15, 0.2) is 5.69 Å². The largest absolute Gasteiger partial charge is 0.336 e. The third kappa shape index (κ3) is 3.29. The van der Waals surface area contributed by atoms with Gasteiger partial charge in [-0.1, -0.05) is 13.3 Å². The van der Waals surface area contributed by atoms with E-state index in [0.717, 1.165) is 32.5 Å². The maximum atomic E-state index is 12.2. The van der Waals surface area contributed by atoms with Crippen LogP contribution in [0.4, 0.5) is 0 Å². The van der Waals surface area contributed by atoms with Crippen LogP contribution in [0.1, 0.15) is 43.1 Å². The number of hydrogen-bond acceptors (Lipinski definition) is 4. The summed E-state index contributed by atoms with van der Waals surface area (Å²) in [5.41, 5.74) is 0.402. The van der Waals surface area contributed by atoms with Gasteiger partial charge in [0.05, 0.1) is 6.20 Å². The zero-order valence-electron chi connectivity index (χ0n) is 10.9. The Balaban J connectivity index is 1.96. The number of amides is 1. The quantitative estimate of drug-likeness (QED) is 0.811. The van der Waals surface area contributed by atoms with Crippen molar-refractivity contribution in [2.45, 2.75) is 38.6 Å². The third-order valence-corrected chi connectivity index (χ3v) is 3.27. The summed E-state index contributed by atoms with van der Waals surface area (Å²) < 4.78 is 0. The molecule has 0 saturated carbocycles. The second kappa shape index (κ2) is 6.49. The molecule has 2 rings (SSSR count). The molecule has 1 aromatic heterocycles. The van der Waals surface area contributed by atoms with E-state index in [1.165, 1.54) is 19.0 Å².